The van der Waals surface area contributed by atoms with Crippen molar-refractivity contribution in [2.24, 2.45) is 17.2 Å². The maximum absolute atomic E-state index is 15.9. The number of carboxylic acids is 2. The zero-order valence-corrected chi connectivity index (χ0v) is 79.3. The number of para-hydroxylation sites is 2. The second-order valence-corrected chi connectivity index (χ2v) is 36.7. The summed E-state index contributed by atoms with van der Waals surface area (Å²) in [6.45, 7) is 2.38. The first-order chi connectivity index (χ1) is 66.6. The Morgan fingerprint density at radius 2 is 0.971 bits per heavy atom. The number of H-pyrrole nitrogens is 3. The summed E-state index contributed by atoms with van der Waals surface area (Å²) in [7, 11) is 2.64. The van der Waals surface area contributed by atoms with Crippen molar-refractivity contribution < 1.29 is 107 Å². The molecule has 6 aromatic rings. The fraction of sp³-hybridized carbons (Fsp3) is 0.543. The molecule has 10 rings (SSSR count). The maximum Gasteiger partial charge on any atom is 0.305 e. The van der Waals surface area contributed by atoms with E-state index in [9.17, 15) is 54.0 Å². The number of rotatable bonds is 29. The van der Waals surface area contributed by atoms with Crippen LogP contribution in [0.3, 0.4) is 0 Å². The fourth-order valence-electron chi connectivity index (χ4n) is 18.0. The second-order valence-electron chi connectivity index (χ2n) is 35.7. The summed E-state index contributed by atoms with van der Waals surface area (Å²) >= 11 is 0.698. The van der Waals surface area contributed by atoms with E-state index in [1.54, 1.807) is 67.8 Å². The standard InChI is InChI=1S/C94H130N22O22S/c1-5-7-26-72-86(130)108-67(43-79(121)122)85(129)111-71(81(125)101-48-77(97)119)50-139-51-78(120)103-68(38-53-30-32-57(117)33-31-53)92(136)114-36-18-15-28-73(114)88(132)110-70(44-80(123)124)93(137)115-37-19-29-74(115)87(131)107-66(41-56-47-98-52-102-56)84(128)105-64(25-14-17-35-96)91(135)116-49-58(118)42-76(116)89(133)106-65(39-54-45-99-61-22-11-9-20-59(54)61)83(127)104-63(24-13-16-34-95)82(126)109-69(40-55-46-100-62-23-12-10-21-60(55)62)90(134)113(4)75(27-8-6-2)94(138)112(72)3/h9-12,20-23,30-33,45-47,52,58,63-76,99-100,117-118H,5-8,13-19,24-29,34-44,48-51,95-96H2,1-4H3,(H2,97,119)(H,98,102)(H,101,125)(H,103,120)(H,104,127)(H,105,128)(H,106,133)(H,107,131)(H,108,130)(H,109,126)(H,110,132)(H,111,129)(H,121,122)(H,123,124)/t58-,63-,64+,65+,66+,67+,68+,69+,70+,71+,72+,73+,74+,75+,76+/m1/s1. The van der Waals surface area contributed by atoms with Gasteiger partial charge >= 0.3 is 11.9 Å². The highest BCUT2D eigenvalue weighted by Gasteiger charge is 2.48. The average Bonchev–Trinajstić information content (AvgIpc) is 1.78. The first-order valence-electron chi connectivity index (χ1n) is 47.3. The summed E-state index contributed by atoms with van der Waals surface area (Å²) in [6.07, 6.45) is 3.81. The number of primary amides is 1. The van der Waals surface area contributed by atoms with Crippen molar-refractivity contribution in [2.45, 2.75) is 259 Å². The van der Waals surface area contributed by atoms with Crippen LogP contribution in [0.15, 0.2) is 97.7 Å². The lowest BCUT2D eigenvalue weighted by Gasteiger charge is -2.38. The number of phenolic OH excluding ortho intramolecular Hbond substituents is 1. The molecule has 3 aromatic carbocycles. The molecule has 0 spiro atoms. The van der Waals surface area contributed by atoms with Gasteiger partial charge in [0.25, 0.3) is 0 Å². The summed E-state index contributed by atoms with van der Waals surface area (Å²) in [5.74, 6) is -19.8. The van der Waals surface area contributed by atoms with Gasteiger partial charge in [-0.3, -0.25) is 86.3 Å². The molecular formula is C94H130N22O22S. The number of aromatic amines is 3. The predicted molar refractivity (Wildman–Crippen MR) is 508 cm³/mol. The van der Waals surface area contributed by atoms with Gasteiger partial charge in [0.2, 0.25) is 94.5 Å². The number of fused-ring (bicyclic) bond motifs is 5. The van der Waals surface area contributed by atoms with E-state index in [4.69, 9.17) is 17.2 Å². The molecule has 23 N–H and O–H groups in total. The summed E-state index contributed by atoms with van der Waals surface area (Å²) < 4.78 is 0. The third-order valence-corrected chi connectivity index (χ3v) is 26.5. The monoisotopic (exact) mass is 1950 g/mol. The first kappa shape index (κ1) is 107. The number of thioether (sulfide) groups is 1. The number of hydrogen-bond acceptors (Lipinski definition) is 24. The second kappa shape index (κ2) is 52.3. The number of piperidine rings is 1. The van der Waals surface area contributed by atoms with E-state index in [0.29, 0.717) is 101 Å². The number of nitrogens with two attached hydrogens (primary N) is 3. The SMILES string of the molecule is CCCC[C@H]1C(=O)N(C)[C@@H](CCCC)C(=O)N[C@@H](CC(=O)O)C(=O)N[C@H](C(=O)NCC(N)=O)CSCC(=O)N[C@@H](Cc2ccc(O)cc2)C(=O)N2CCCC[C@H]2C(=O)N[C@@H](CC(=O)O)C(=O)N2CCC[C@H]2C(=O)N[C@@H](Cc2cnc[nH]2)C(=O)N[C@@H](CCCCN)C(=O)N2C[C@H](O)C[C@H]2C(=O)N[C@@H](Cc2c[nH]c3ccccc23)C(=O)N[C@H](CCCCN)C(=O)N[C@@H](Cc2c[nH]c3ccccc23)C(=O)N1C. The van der Waals surface area contributed by atoms with Gasteiger partial charge in [-0.2, -0.15) is 0 Å². The fourth-order valence-corrected chi connectivity index (χ4v) is 18.9. The lowest BCUT2D eigenvalue weighted by atomic mass is 9.97. The molecule has 16 amide bonds. The van der Waals surface area contributed by atoms with Gasteiger partial charge in [0.05, 0.1) is 37.6 Å². The smallest absolute Gasteiger partial charge is 0.305 e. The van der Waals surface area contributed by atoms with Gasteiger partial charge < -0.3 is 130 Å². The number of carbonyl (C=O) groups excluding carboxylic acids is 16. The number of unbranched alkanes of at least 4 members (excludes halogenated alkanes) is 4. The number of imidazole rings is 1. The number of benzene rings is 3. The molecule has 0 radical (unpaired) electrons. The third-order valence-electron chi connectivity index (χ3n) is 25.5. The molecule has 44 nitrogen and oxygen atoms in total. The van der Waals surface area contributed by atoms with Gasteiger partial charge in [-0.15, -0.1) is 11.8 Å². The number of aliphatic carboxylic acids is 2. The normalized spacial score (nSPS) is 24.9. The van der Waals surface area contributed by atoms with Crippen molar-refractivity contribution in [3.8, 4) is 5.75 Å². The molecule has 0 bridgehead atoms. The van der Waals surface area contributed by atoms with E-state index in [1.807, 2.05) is 6.92 Å². The van der Waals surface area contributed by atoms with E-state index in [0.717, 1.165) is 24.5 Å². The minimum atomic E-state index is -2.02. The number of hydrogen-bond donors (Lipinski definition) is 20. The molecular weight excluding hydrogens is 1820 g/mol. The zero-order chi connectivity index (χ0) is 101. The van der Waals surface area contributed by atoms with Crippen molar-refractivity contribution in [1.82, 2.24) is 97.6 Å². The largest absolute Gasteiger partial charge is 0.508 e. The van der Waals surface area contributed by atoms with Crippen LogP contribution < -0.4 is 70.4 Å². The van der Waals surface area contributed by atoms with Crippen LogP contribution >= 0.6 is 11.8 Å². The predicted octanol–water partition coefficient (Wildman–Crippen LogP) is -1.36. The molecule has 4 aliphatic rings. The average molecular weight is 1950 g/mol. The van der Waals surface area contributed by atoms with Gasteiger partial charge in [0.1, 0.15) is 90.3 Å². The number of aromatic nitrogens is 4. The number of aliphatic hydroxyl groups is 1. The number of aliphatic hydroxyl groups excluding tert-OH is 1. The molecule has 139 heavy (non-hydrogen) atoms. The summed E-state index contributed by atoms with van der Waals surface area (Å²) in [5.41, 5.74) is 20.5. The number of carbonyl (C=O) groups is 18. The number of phenols is 1. The van der Waals surface area contributed by atoms with E-state index >= 15 is 52.7 Å². The van der Waals surface area contributed by atoms with Gasteiger partial charge in [-0.05, 0) is 138 Å². The summed E-state index contributed by atoms with van der Waals surface area (Å²) in [5, 5.41) is 70.4. The molecule has 0 aliphatic carbocycles. The number of likely N-dealkylation sites (N-methyl/N-ethyl adjacent to an activating group) is 2. The van der Waals surface area contributed by atoms with Gasteiger partial charge in [-0.25, -0.2) is 4.98 Å². The van der Waals surface area contributed by atoms with Crippen molar-refractivity contribution in [3.05, 3.63) is 120 Å². The van der Waals surface area contributed by atoms with Crippen molar-refractivity contribution in [2.75, 3.05) is 64.9 Å². The van der Waals surface area contributed by atoms with Gasteiger partial charge in [0, 0.05) is 118 Å². The highest BCUT2D eigenvalue weighted by Crippen LogP contribution is 2.29. The van der Waals surface area contributed by atoms with Crippen LogP contribution in [0.2, 0.25) is 0 Å². The third kappa shape index (κ3) is 30.0. The lowest BCUT2D eigenvalue weighted by molar-refractivity contribution is -0.149. The Bertz CT molecular complexity index is 5330. The molecule has 0 unspecified atom stereocenters. The maximum atomic E-state index is 15.9. The van der Waals surface area contributed by atoms with Crippen molar-refractivity contribution >= 4 is 140 Å². The van der Waals surface area contributed by atoms with Crippen LogP contribution in [0.5, 0.6) is 5.75 Å². The lowest BCUT2D eigenvalue weighted by Crippen LogP contribution is -2.61. The molecule has 7 heterocycles. The Labute approximate surface area is 806 Å². The van der Waals surface area contributed by atoms with Crippen LogP contribution in [0.4, 0.5) is 0 Å². The van der Waals surface area contributed by atoms with Crippen LogP contribution in [0, 0.1) is 0 Å². The molecule has 45 heteroatoms. The topological polar surface area (TPSA) is 663 Å². The molecule has 15 atom stereocenters. The summed E-state index contributed by atoms with van der Waals surface area (Å²) in [4.78, 5) is 284. The quantitative estimate of drug-likeness (QED) is 0.0241. The molecule has 4 aliphatic heterocycles. The Morgan fingerprint density at radius 1 is 0.482 bits per heavy atom. The van der Waals surface area contributed by atoms with E-state index < -0.39 is 235 Å². The van der Waals surface area contributed by atoms with Crippen LogP contribution in [-0.2, 0) is 112 Å². The van der Waals surface area contributed by atoms with Crippen LogP contribution in [-0.4, -0.2) is 327 Å². The number of nitrogens with zero attached hydrogens (tertiary/aromatic N) is 6. The molecule has 3 aromatic heterocycles. The Kier molecular flexibility index (Phi) is 40.4. The molecule has 4 saturated heterocycles. The molecule has 4 fully saturated rings. The van der Waals surface area contributed by atoms with Gasteiger partial charge in [-0.1, -0.05) is 88.1 Å². The van der Waals surface area contributed by atoms with Crippen molar-refractivity contribution in [1.29, 1.82) is 0 Å². The molecule has 0 saturated carbocycles. The molecule has 754 valence electrons. The van der Waals surface area contributed by atoms with Crippen LogP contribution in [0.25, 0.3) is 21.8 Å². The number of nitrogens with one attached hydrogen (secondary N) is 13. The highest BCUT2D eigenvalue weighted by atomic mass is 32.2. The number of aromatic hydroxyl groups is 1. The zero-order valence-electron chi connectivity index (χ0n) is 78.5. The highest BCUT2D eigenvalue weighted by molar-refractivity contribution is 8.00. The Balaban J connectivity index is 1.04. The van der Waals surface area contributed by atoms with E-state index in [2.05, 4.69) is 73.1 Å². The first-order valence-corrected chi connectivity index (χ1v) is 48.4. The Hall–Kier alpha value is -13.6. The minimum absolute atomic E-state index is 0.0324. The number of amides is 16. The Morgan fingerprint density at radius 3 is 1.56 bits per heavy atom. The number of carboxylic acid groups (broad SMARTS) is 2. The van der Waals surface area contributed by atoms with E-state index in [1.165, 1.54) is 50.9 Å². The van der Waals surface area contributed by atoms with Crippen molar-refractivity contribution in [3.63, 3.8) is 0 Å². The van der Waals surface area contributed by atoms with Crippen LogP contribution in [0.1, 0.15) is 165 Å². The van der Waals surface area contributed by atoms with E-state index in [-0.39, 0.29) is 128 Å². The summed E-state index contributed by atoms with van der Waals surface area (Å²) in [6, 6.07) is -2.51. The minimum Gasteiger partial charge on any atom is -0.508 e. The van der Waals surface area contributed by atoms with Gasteiger partial charge in [0.15, 0.2) is 0 Å².